The van der Waals surface area contributed by atoms with Crippen LogP contribution in [0.25, 0.3) is 0 Å². The van der Waals surface area contributed by atoms with Gasteiger partial charge in [0.05, 0.1) is 5.54 Å². The highest BCUT2D eigenvalue weighted by atomic mass is 16.1. The Bertz CT molecular complexity index is 758. The number of carbonyl (C=O) groups is 1. The van der Waals surface area contributed by atoms with Crippen molar-refractivity contribution in [2.75, 3.05) is 13.1 Å². The molecule has 1 spiro atoms. The van der Waals surface area contributed by atoms with Gasteiger partial charge in [0.25, 0.3) is 5.91 Å². The number of aryl methyl sites for hydroxylation is 2. The number of fused-ring (bicyclic) bond motifs is 1. The monoisotopic (exact) mass is 322 g/mol. The summed E-state index contributed by atoms with van der Waals surface area (Å²) in [6, 6.07) is 7.96. The zero-order valence-corrected chi connectivity index (χ0v) is 14.0. The van der Waals surface area contributed by atoms with Gasteiger partial charge in [-0.2, -0.15) is 0 Å². The van der Waals surface area contributed by atoms with Gasteiger partial charge in [-0.15, -0.1) is 0 Å². The maximum atomic E-state index is 12.6. The van der Waals surface area contributed by atoms with Crippen LogP contribution in [-0.4, -0.2) is 39.4 Å². The zero-order valence-electron chi connectivity index (χ0n) is 14.0. The van der Waals surface area contributed by atoms with Crippen molar-refractivity contribution in [2.45, 2.75) is 38.3 Å². The summed E-state index contributed by atoms with van der Waals surface area (Å²) in [4.78, 5) is 23.6. The number of carbonyl (C=O) groups excluding carboxylic acids is 1. The summed E-state index contributed by atoms with van der Waals surface area (Å²) < 4.78 is 0. The number of rotatable bonds is 2. The quantitative estimate of drug-likeness (QED) is 0.920. The average Bonchev–Trinajstić information content (AvgIpc) is 2.91. The minimum Gasteiger partial charge on any atom is -0.345 e. The molecule has 24 heavy (non-hydrogen) atoms. The molecule has 0 radical (unpaired) electrons. The standard InChI is InChI=1S/C19H22N4O/c1-14-20-10-15(11-21-14)12-23-9-8-19(13-23)7-6-16-4-2-3-5-17(16)18(24)22-19/h2-5,10-11H,6-9,12-13H2,1H3,(H,22,24). The molecule has 0 saturated carbocycles. The molecule has 1 aromatic carbocycles. The Morgan fingerprint density at radius 3 is 2.83 bits per heavy atom. The van der Waals surface area contributed by atoms with Crippen molar-refractivity contribution >= 4 is 5.91 Å². The Balaban J connectivity index is 1.48. The molecule has 4 rings (SSSR count). The number of nitrogens with one attached hydrogen (secondary N) is 1. The molecule has 124 valence electrons. The van der Waals surface area contributed by atoms with Gasteiger partial charge in [0.1, 0.15) is 5.82 Å². The number of aromatic nitrogens is 2. The fraction of sp³-hybridized carbons (Fsp3) is 0.421. The first-order chi connectivity index (χ1) is 11.6. The van der Waals surface area contributed by atoms with E-state index in [0.29, 0.717) is 0 Å². The molecule has 0 bridgehead atoms. The summed E-state index contributed by atoms with van der Waals surface area (Å²) in [6.45, 7) is 4.61. The van der Waals surface area contributed by atoms with Crippen LogP contribution < -0.4 is 5.32 Å². The maximum absolute atomic E-state index is 12.6. The third-order valence-corrected chi connectivity index (χ3v) is 5.19. The minimum atomic E-state index is -0.109. The second-order valence-corrected chi connectivity index (χ2v) is 6.99. The molecule has 5 nitrogen and oxygen atoms in total. The molecule has 2 aliphatic rings. The second-order valence-electron chi connectivity index (χ2n) is 6.99. The van der Waals surface area contributed by atoms with E-state index in [1.54, 1.807) is 0 Å². The van der Waals surface area contributed by atoms with E-state index in [2.05, 4.69) is 26.3 Å². The lowest BCUT2D eigenvalue weighted by Crippen LogP contribution is -2.49. The number of benzene rings is 1. The molecule has 1 atom stereocenters. The van der Waals surface area contributed by atoms with Crippen LogP contribution in [0.3, 0.4) is 0 Å². The smallest absolute Gasteiger partial charge is 0.252 e. The van der Waals surface area contributed by atoms with E-state index < -0.39 is 0 Å². The summed E-state index contributed by atoms with van der Waals surface area (Å²) in [5.74, 6) is 0.869. The lowest BCUT2D eigenvalue weighted by molar-refractivity contribution is 0.0902. The molecule has 1 unspecified atom stereocenters. The van der Waals surface area contributed by atoms with Crippen LogP contribution in [0.4, 0.5) is 0 Å². The number of nitrogens with zero attached hydrogens (tertiary/aromatic N) is 3. The molecule has 0 aliphatic carbocycles. The van der Waals surface area contributed by atoms with Crippen molar-refractivity contribution in [3.8, 4) is 0 Å². The van der Waals surface area contributed by atoms with Gasteiger partial charge in [0, 0.05) is 43.2 Å². The van der Waals surface area contributed by atoms with Crippen molar-refractivity contribution in [3.63, 3.8) is 0 Å². The zero-order chi connectivity index (χ0) is 16.6. The Kier molecular flexibility index (Phi) is 3.81. The van der Waals surface area contributed by atoms with Crippen LogP contribution in [0.2, 0.25) is 0 Å². The van der Waals surface area contributed by atoms with Gasteiger partial charge < -0.3 is 5.32 Å². The first kappa shape index (κ1) is 15.3. The van der Waals surface area contributed by atoms with Crippen LogP contribution in [0.5, 0.6) is 0 Å². The summed E-state index contributed by atoms with van der Waals surface area (Å²) in [5.41, 5.74) is 3.01. The third-order valence-electron chi connectivity index (χ3n) is 5.19. The van der Waals surface area contributed by atoms with E-state index >= 15 is 0 Å². The highest BCUT2D eigenvalue weighted by molar-refractivity contribution is 5.96. The lowest BCUT2D eigenvalue weighted by atomic mass is 9.91. The van der Waals surface area contributed by atoms with Gasteiger partial charge in [-0.1, -0.05) is 18.2 Å². The number of hydrogen-bond donors (Lipinski definition) is 1. The van der Waals surface area contributed by atoms with Gasteiger partial charge in [-0.3, -0.25) is 9.69 Å². The highest BCUT2D eigenvalue weighted by Gasteiger charge is 2.41. The Morgan fingerprint density at radius 1 is 1.21 bits per heavy atom. The molecule has 2 aliphatic heterocycles. The molecule has 1 saturated heterocycles. The number of amides is 1. The molecular formula is C19H22N4O. The van der Waals surface area contributed by atoms with Crippen molar-refractivity contribution < 1.29 is 4.79 Å². The summed E-state index contributed by atoms with van der Waals surface area (Å²) >= 11 is 0. The van der Waals surface area contributed by atoms with E-state index in [4.69, 9.17) is 0 Å². The van der Waals surface area contributed by atoms with E-state index in [9.17, 15) is 4.79 Å². The van der Waals surface area contributed by atoms with Gasteiger partial charge in [0.15, 0.2) is 0 Å². The van der Waals surface area contributed by atoms with E-state index in [0.717, 1.165) is 61.4 Å². The van der Waals surface area contributed by atoms with E-state index in [1.807, 2.05) is 37.5 Å². The van der Waals surface area contributed by atoms with Crippen LogP contribution >= 0.6 is 0 Å². The topological polar surface area (TPSA) is 58.1 Å². The van der Waals surface area contributed by atoms with Gasteiger partial charge >= 0.3 is 0 Å². The molecule has 5 heteroatoms. The molecule has 1 N–H and O–H groups in total. The SMILES string of the molecule is Cc1ncc(CN2CCC3(CCc4ccccc4C(=O)N3)C2)cn1. The number of hydrogen-bond acceptors (Lipinski definition) is 4. The first-order valence-electron chi connectivity index (χ1n) is 8.54. The molecule has 3 heterocycles. The average molecular weight is 322 g/mol. The molecule has 1 fully saturated rings. The van der Waals surface area contributed by atoms with Crippen molar-refractivity contribution in [2.24, 2.45) is 0 Å². The summed E-state index contributed by atoms with van der Waals surface area (Å²) in [5, 5.41) is 3.32. The Labute approximate surface area is 142 Å². The largest absolute Gasteiger partial charge is 0.345 e. The number of likely N-dealkylation sites (tertiary alicyclic amines) is 1. The van der Waals surface area contributed by atoms with Gasteiger partial charge in [-0.25, -0.2) is 9.97 Å². The fourth-order valence-electron chi connectivity index (χ4n) is 3.86. The normalized spacial score (nSPS) is 23.8. The van der Waals surface area contributed by atoms with E-state index in [-0.39, 0.29) is 11.4 Å². The van der Waals surface area contributed by atoms with E-state index in [1.165, 1.54) is 0 Å². The van der Waals surface area contributed by atoms with Crippen LogP contribution in [0.15, 0.2) is 36.7 Å². The molecule has 1 amide bonds. The molecule has 1 aromatic heterocycles. The minimum absolute atomic E-state index is 0.0728. The summed E-state index contributed by atoms with van der Waals surface area (Å²) in [6.07, 6.45) is 6.75. The van der Waals surface area contributed by atoms with Crippen LogP contribution in [0, 0.1) is 6.92 Å². The molecule has 2 aromatic rings. The highest BCUT2D eigenvalue weighted by Crippen LogP contribution is 2.31. The fourth-order valence-corrected chi connectivity index (χ4v) is 3.86. The van der Waals surface area contributed by atoms with Gasteiger partial charge in [-0.05, 0) is 37.8 Å². The first-order valence-corrected chi connectivity index (χ1v) is 8.54. The Morgan fingerprint density at radius 2 is 2.00 bits per heavy atom. The third kappa shape index (κ3) is 2.91. The second kappa shape index (κ2) is 5.98. The Hall–Kier alpha value is -2.27. The predicted octanol–water partition coefficient (Wildman–Crippen LogP) is 2.11. The van der Waals surface area contributed by atoms with Crippen LogP contribution in [-0.2, 0) is 13.0 Å². The molecular weight excluding hydrogens is 300 g/mol. The maximum Gasteiger partial charge on any atom is 0.252 e. The van der Waals surface area contributed by atoms with Crippen molar-refractivity contribution in [1.82, 2.24) is 20.2 Å². The lowest BCUT2D eigenvalue weighted by Gasteiger charge is -2.29. The summed E-state index contributed by atoms with van der Waals surface area (Å²) in [7, 11) is 0. The van der Waals surface area contributed by atoms with Crippen molar-refractivity contribution in [3.05, 3.63) is 59.2 Å². The van der Waals surface area contributed by atoms with Crippen LogP contribution in [0.1, 0.15) is 40.2 Å². The predicted molar refractivity (Wildman–Crippen MR) is 91.6 cm³/mol. The van der Waals surface area contributed by atoms with Crippen molar-refractivity contribution in [1.29, 1.82) is 0 Å². The van der Waals surface area contributed by atoms with Gasteiger partial charge in [0.2, 0.25) is 0 Å².